The Hall–Kier alpha value is -4.69. The van der Waals surface area contributed by atoms with Gasteiger partial charge in [-0.25, -0.2) is 9.59 Å². The Balaban J connectivity index is 1.35. The lowest BCUT2D eigenvalue weighted by Crippen LogP contribution is -2.62. The average Bonchev–Trinajstić information content (AvgIpc) is 3.89. The zero-order chi connectivity index (χ0) is 44.2. The molecule has 1 unspecified atom stereocenters. The Morgan fingerprint density at radius 2 is 1.60 bits per heavy atom. The van der Waals surface area contributed by atoms with E-state index in [1.807, 2.05) is 52.0 Å². The molecule has 1 aromatic rings. The quantitative estimate of drug-likeness (QED) is 0.198. The number of unbranched alkanes of at least 4 members (excludes halogenated alkanes) is 1. The molecule has 0 aromatic heterocycles. The lowest BCUT2D eigenvalue weighted by Gasteiger charge is -2.41. The number of carbonyl (C=O) groups is 7. The van der Waals surface area contributed by atoms with Crippen LogP contribution in [0.4, 0.5) is 9.59 Å². The maximum atomic E-state index is 14.8. The summed E-state index contributed by atoms with van der Waals surface area (Å²) in [5.41, 5.74) is 0.799. The summed E-state index contributed by atoms with van der Waals surface area (Å²) in [4.78, 5) is 101. The first-order valence-corrected chi connectivity index (χ1v) is 21.9. The second-order valence-corrected chi connectivity index (χ2v) is 20.3. The lowest BCUT2D eigenvalue weighted by atomic mass is 9.81. The van der Waals surface area contributed by atoms with Crippen molar-refractivity contribution < 1.29 is 38.3 Å². The van der Waals surface area contributed by atoms with E-state index in [0.29, 0.717) is 45.4 Å². The van der Waals surface area contributed by atoms with E-state index >= 15 is 0 Å². The van der Waals surface area contributed by atoms with Gasteiger partial charge in [0, 0.05) is 45.1 Å². The van der Waals surface area contributed by atoms with E-state index in [-0.39, 0.29) is 36.8 Å². The highest BCUT2D eigenvalue weighted by Crippen LogP contribution is 2.33. The third-order valence-corrected chi connectivity index (χ3v) is 12.3. The molecule has 4 N–H and O–H groups in total. The van der Waals surface area contributed by atoms with Crippen LogP contribution >= 0.6 is 0 Å². The fraction of sp³-hybridized carbons (Fsp3) is 0.711. The summed E-state index contributed by atoms with van der Waals surface area (Å²) in [6, 6.07) is 3.36. The molecule has 5 rings (SSSR count). The number of fused-ring (bicyclic) bond motifs is 1. The molecule has 0 bridgehead atoms. The second kappa shape index (κ2) is 18.9. The van der Waals surface area contributed by atoms with Crippen LogP contribution in [0.25, 0.3) is 0 Å². The van der Waals surface area contributed by atoms with Crippen molar-refractivity contribution in [2.24, 2.45) is 16.2 Å². The Labute approximate surface area is 355 Å². The number of Topliss-reactive ketones (excluding diaryl/α,β-unsaturated/α-hetero) is 1. The van der Waals surface area contributed by atoms with E-state index in [0.717, 1.165) is 36.8 Å². The maximum Gasteiger partial charge on any atom is 0.410 e. The van der Waals surface area contributed by atoms with E-state index in [1.54, 1.807) is 30.6 Å². The minimum absolute atomic E-state index is 0.0336. The smallest absolute Gasteiger partial charge is 0.410 e. The molecule has 5 atom stereocenters. The second-order valence-electron chi connectivity index (χ2n) is 20.3. The predicted molar refractivity (Wildman–Crippen MR) is 226 cm³/mol. The summed E-state index contributed by atoms with van der Waals surface area (Å²) < 4.78 is 6.01. The molecule has 2 saturated heterocycles. The maximum absolute atomic E-state index is 14.8. The molecule has 3 heterocycles. The van der Waals surface area contributed by atoms with Gasteiger partial charge >= 0.3 is 12.1 Å². The van der Waals surface area contributed by atoms with Crippen LogP contribution in [0.5, 0.6) is 0 Å². The van der Waals surface area contributed by atoms with Crippen molar-refractivity contribution >= 4 is 41.5 Å². The van der Waals surface area contributed by atoms with Crippen molar-refractivity contribution in [3.63, 3.8) is 0 Å². The van der Waals surface area contributed by atoms with Crippen LogP contribution in [0.3, 0.4) is 0 Å². The fourth-order valence-corrected chi connectivity index (χ4v) is 8.10. The van der Waals surface area contributed by atoms with Gasteiger partial charge in [-0.15, -0.1) is 0 Å². The topological polar surface area (TPSA) is 187 Å². The van der Waals surface area contributed by atoms with Crippen LogP contribution in [0.1, 0.15) is 125 Å². The summed E-state index contributed by atoms with van der Waals surface area (Å²) >= 11 is 0. The Morgan fingerprint density at radius 3 is 2.22 bits per heavy atom. The van der Waals surface area contributed by atoms with Gasteiger partial charge in [0.05, 0.1) is 18.6 Å². The molecule has 3 aliphatic heterocycles. The molecule has 1 saturated carbocycles. The van der Waals surface area contributed by atoms with E-state index in [1.165, 1.54) is 4.90 Å². The molecular formula is C45H69N7O8. The molecule has 15 nitrogen and oxygen atoms in total. The predicted octanol–water partition coefficient (Wildman–Crippen LogP) is 4.45. The number of hydrogen-bond donors (Lipinski definition) is 4. The molecule has 15 heteroatoms. The van der Waals surface area contributed by atoms with Gasteiger partial charge in [-0.1, -0.05) is 99.4 Å². The number of urea groups is 1. The number of amides is 7. The van der Waals surface area contributed by atoms with Crippen LogP contribution in [0.2, 0.25) is 0 Å². The van der Waals surface area contributed by atoms with Crippen LogP contribution in [-0.4, -0.2) is 119 Å². The molecule has 60 heavy (non-hydrogen) atoms. The number of nitrogens with one attached hydrogen (secondary N) is 4. The largest absolute Gasteiger partial charge is 0.444 e. The number of ketones is 1. The van der Waals surface area contributed by atoms with E-state index in [2.05, 4.69) is 35.1 Å². The highest BCUT2D eigenvalue weighted by molar-refractivity contribution is 6.38. The van der Waals surface area contributed by atoms with Gasteiger partial charge in [0.25, 0.3) is 5.91 Å². The van der Waals surface area contributed by atoms with E-state index in [9.17, 15) is 33.6 Å². The SMILES string of the molecule is CCCCC(NC(=O)[C@@H]1C[C@@H](OC(=O)N2CCc3ccccc3C2)CN1C(=O)[C@@H](NC(=O)N[C@H](CN1CCC(C)(C)CC1=O)C(C)(C)C)C(C)(C)C)C(=O)C(=O)NC1CC1. The number of benzene rings is 1. The number of rotatable bonds is 14. The molecule has 4 aliphatic rings. The third kappa shape index (κ3) is 12.2. The first kappa shape index (κ1) is 46.4. The molecule has 7 amide bonds. The van der Waals surface area contributed by atoms with Gasteiger partial charge in [0.1, 0.15) is 18.2 Å². The van der Waals surface area contributed by atoms with Gasteiger partial charge in [0.2, 0.25) is 23.5 Å². The first-order chi connectivity index (χ1) is 28.1. The summed E-state index contributed by atoms with van der Waals surface area (Å²) in [6.45, 7) is 19.0. The van der Waals surface area contributed by atoms with Crippen LogP contribution in [0.15, 0.2) is 24.3 Å². The van der Waals surface area contributed by atoms with Gasteiger partial charge < -0.3 is 40.7 Å². The molecule has 332 valence electrons. The monoisotopic (exact) mass is 836 g/mol. The molecular weight excluding hydrogens is 767 g/mol. The van der Waals surface area contributed by atoms with Crippen molar-refractivity contribution in [3.05, 3.63) is 35.4 Å². The van der Waals surface area contributed by atoms with Crippen molar-refractivity contribution in [1.29, 1.82) is 0 Å². The van der Waals surface area contributed by atoms with Gasteiger partial charge in [-0.3, -0.25) is 24.0 Å². The van der Waals surface area contributed by atoms with Crippen molar-refractivity contribution in [2.45, 2.75) is 163 Å². The number of piperidine rings is 1. The first-order valence-electron chi connectivity index (χ1n) is 21.9. The van der Waals surface area contributed by atoms with E-state index in [4.69, 9.17) is 4.74 Å². The highest BCUT2D eigenvalue weighted by Gasteiger charge is 2.48. The molecule has 0 radical (unpaired) electrons. The molecule has 1 aromatic carbocycles. The lowest BCUT2D eigenvalue weighted by molar-refractivity contribution is -0.144. The summed E-state index contributed by atoms with van der Waals surface area (Å²) in [5.74, 6) is -2.68. The number of hydrogen-bond acceptors (Lipinski definition) is 8. The highest BCUT2D eigenvalue weighted by atomic mass is 16.6. The van der Waals surface area contributed by atoms with Crippen molar-refractivity contribution in [2.75, 3.05) is 26.2 Å². The standard InChI is InChI=1S/C45H69N7O8/c1-10-11-16-32(36(54)39(56)46-30-17-18-30)47-38(55)33-23-31(60-42(59)51-21-19-28-14-12-13-15-29(28)25-51)26-52(33)40(57)37(44(5,6)7)49-41(58)48-34(43(2,3)4)27-50-22-20-45(8,9)24-35(50)53/h12-15,30-34,37H,10-11,16-27H2,1-9H3,(H,46,56)(H,47,55)(H2,48,49,58)/t31-,32?,33+,34-,37-/m1/s1. The van der Waals surface area contributed by atoms with Crippen molar-refractivity contribution in [3.8, 4) is 0 Å². The van der Waals surface area contributed by atoms with E-state index < -0.39 is 76.7 Å². The Kier molecular flexibility index (Phi) is 14.6. The summed E-state index contributed by atoms with van der Waals surface area (Å²) in [5, 5.41) is 11.4. The minimum atomic E-state index is -1.17. The zero-order valence-electron chi connectivity index (χ0n) is 37.3. The fourth-order valence-electron chi connectivity index (χ4n) is 8.10. The van der Waals surface area contributed by atoms with Gasteiger partial charge in [0.15, 0.2) is 0 Å². The number of carbonyl (C=O) groups excluding carboxylic acids is 7. The molecule has 0 spiro atoms. The van der Waals surface area contributed by atoms with Crippen LogP contribution in [0, 0.1) is 16.2 Å². The Morgan fingerprint density at radius 1 is 0.917 bits per heavy atom. The van der Waals surface area contributed by atoms with Crippen molar-refractivity contribution in [1.82, 2.24) is 36.0 Å². The van der Waals surface area contributed by atoms with Crippen LogP contribution < -0.4 is 21.3 Å². The number of nitrogens with zero attached hydrogens (tertiary/aromatic N) is 3. The van der Waals surface area contributed by atoms with Crippen LogP contribution in [-0.2, 0) is 41.7 Å². The minimum Gasteiger partial charge on any atom is -0.444 e. The summed E-state index contributed by atoms with van der Waals surface area (Å²) in [7, 11) is 0. The third-order valence-electron chi connectivity index (χ3n) is 12.3. The average molecular weight is 836 g/mol. The molecule has 3 fully saturated rings. The normalized spacial score (nSPS) is 21.9. The van der Waals surface area contributed by atoms with Gasteiger partial charge in [-0.2, -0.15) is 0 Å². The summed E-state index contributed by atoms with van der Waals surface area (Å²) in [6.07, 6.45) is 3.56. The Bertz CT molecular complexity index is 1780. The zero-order valence-corrected chi connectivity index (χ0v) is 37.3. The van der Waals surface area contributed by atoms with Gasteiger partial charge in [-0.05, 0) is 59.5 Å². The number of ether oxygens (including phenoxy) is 1. The molecule has 1 aliphatic carbocycles. The number of likely N-dealkylation sites (tertiary alicyclic amines) is 2.